The van der Waals surface area contributed by atoms with Crippen LogP contribution >= 0.6 is 11.8 Å². The molecular weight excluding hydrogens is 354 g/mol. The number of amides is 2. The number of aromatic nitrogens is 2. The molecule has 2 aromatic rings. The lowest BCUT2D eigenvalue weighted by Gasteiger charge is -2.24. The van der Waals surface area contributed by atoms with E-state index in [2.05, 4.69) is 10.4 Å². The van der Waals surface area contributed by atoms with Crippen molar-refractivity contribution in [1.29, 1.82) is 0 Å². The van der Waals surface area contributed by atoms with Crippen LogP contribution in [-0.2, 0) is 16.1 Å². The van der Waals surface area contributed by atoms with Gasteiger partial charge >= 0.3 is 0 Å². The lowest BCUT2D eigenvalue weighted by molar-refractivity contribution is -0.117. The average molecular weight is 366 g/mol. The Hall–Kier alpha value is -2.75. The highest BCUT2D eigenvalue weighted by Gasteiger charge is 2.26. The summed E-state index contributed by atoms with van der Waals surface area (Å²) in [5.41, 5.74) is -0.660. The number of hydrogen-bond acceptors (Lipinski definition) is 5. The maximum atomic E-state index is 13.6. The molecule has 7 nitrogen and oxygen atoms in total. The summed E-state index contributed by atoms with van der Waals surface area (Å²) in [5.74, 6) is -2.43. The minimum absolute atomic E-state index is 0.150. The molecule has 1 N–H and O–H groups in total. The van der Waals surface area contributed by atoms with Crippen molar-refractivity contribution in [2.24, 2.45) is 0 Å². The Bertz CT molecular complexity index is 931. The molecular formula is C15H12F2N4O3S. The molecule has 0 aliphatic carbocycles. The summed E-state index contributed by atoms with van der Waals surface area (Å²) in [6.07, 6.45) is 1.40. The molecule has 1 aliphatic rings. The number of nitrogens with zero attached hydrogens (tertiary/aromatic N) is 3. The first-order valence-electron chi connectivity index (χ1n) is 7.11. The molecule has 0 atom stereocenters. The monoisotopic (exact) mass is 366 g/mol. The zero-order valence-corrected chi connectivity index (χ0v) is 13.8. The van der Waals surface area contributed by atoms with Crippen LogP contribution in [0.25, 0.3) is 0 Å². The first-order chi connectivity index (χ1) is 11.9. The van der Waals surface area contributed by atoms with Crippen molar-refractivity contribution in [3.05, 3.63) is 46.4 Å². The van der Waals surface area contributed by atoms with Crippen LogP contribution in [0, 0.1) is 11.6 Å². The minimum atomic E-state index is -0.930. The highest BCUT2D eigenvalue weighted by molar-refractivity contribution is 8.00. The SMILES string of the molecule is CN1C(=O)CSc2cnn(CC(=O)Nc3ccc(F)cc3F)c(=O)c21. The number of carbonyl (C=O) groups excluding carboxylic acids is 2. The molecule has 3 rings (SSSR count). The van der Waals surface area contributed by atoms with E-state index in [1.807, 2.05) is 0 Å². The first kappa shape index (κ1) is 17.1. The van der Waals surface area contributed by atoms with Gasteiger partial charge in [0.2, 0.25) is 11.8 Å². The third-order valence-electron chi connectivity index (χ3n) is 3.54. The Kier molecular flexibility index (Phi) is 4.53. The second kappa shape index (κ2) is 6.63. The van der Waals surface area contributed by atoms with Gasteiger partial charge in [0, 0.05) is 13.1 Å². The quantitative estimate of drug-likeness (QED) is 0.883. The fourth-order valence-corrected chi connectivity index (χ4v) is 3.22. The predicted octanol–water partition coefficient (Wildman–Crippen LogP) is 1.23. The summed E-state index contributed by atoms with van der Waals surface area (Å²) in [6, 6.07) is 2.71. The topological polar surface area (TPSA) is 84.3 Å². The summed E-state index contributed by atoms with van der Waals surface area (Å²) in [7, 11) is 1.47. The van der Waals surface area contributed by atoms with Gasteiger partial charge in [-0.05, 0) is 12.1 Å². The van der Waals surface area contributed by atoms with Crippen LogP contribution in [0.5, 0.6) is 0 Å². The molecule has 0 bridgehead atoms. The number of benzene rings is 1. The summed E-state index contributed by atoms with van der Waals surface area (Å²) in [4.78, 5) is 38.0. The van der Waals surface area contributed by atoms with Gasteiger partial charge in [-0.1, -0.05) is 0 Å². The van der Waals surface area contributed by atoms with Gasteiger partial charge in [-0.3, -0.25) is 14.4 Å². The molecule has 25 heavy (non-hydrogen) atoms. The molecule has 0 spiro atoms. The van der Waals surface area contributed by atoms with Crippen molar-refractivity contribution in [2.45, 2.75) is 11.4 Å². The van der Waals surface area contributed by atoms with Crippen LogP contribution < -0.4 is 15.8 Å². The normalized spacial score (nSPS) is 13.6. The standard InChI is InChI=1S/C15H12F2N4O3S/c1-20-13(23)7-25-11-5-18-21(15(24)14(11)20)6-12(22)19-10-3-2-8(16)4-9(10)17/h2-5H,6-7H2,1H3,(H,19,22). The van der Waals surface area contributed by atoms with Gasteiger partial charge in [-0.15, -0.1) is 11.8 Å². The molecule has 0 fully saturated rings. The highest BCUT2D eigenvalue weighted by atomic mass is 32.2. The third-order valence-corrected chi connectivity index (χ3v) is 4.55. The van der Waals surface area contributed by atoms with Gasteiger partial charge in [0.15, 0.2) is 0 Å². The van der Waals surface area contributed by atoms with Crippen LogP contribution in [0.2, 0.25) is 0 Å². The number of thioether (sulfide) groups is 1. The Morgan fingerprint density at radius 1 is 1.36 bits per heavy atom. The predicted molar refractivity (Wildman–Crippen MR) is 87.6 cm³/mol. The number of hydrogen-bond donors (Lipinski definition) is 1. The largest absolute Gasteiger partial charge is 0.322 e. The molecule has 0 unspecified atom stereocenters. The number of rotatable bonds is 3. The maximum Gasteiger partial charge on any atom is 0.292 e. The van der Waals surface area contributed by atoms with E-state index in [9.17, 15) is 23.2 Å². The van der Waals surface area contributed by atoms with Crippen LogP contribution in [0.1, 0.15) is 0 Å². The highest BCUT2D eigenvalue weighted by Crippen LogP contribution is 2.30. The van der Waals surface area contributed by atoms with Crippen molar-refractivity contribution >= 4 is 35.0 Å². The number of nitrogens with one attached hydrogen (secondary N) is 1. The van der Waals surface area contributed by atoms with Crippen LogP contribution in [-0.4, -0.2) is 34.4 Å². The van der Waals surface area contributed by atoms with Gasteiger partial charge in [0.1, 0.15) is 23.9 Å². The summed E-state index contributed by atoms with van der Waals surface area (Å²) in [5, 5.41) is 6.15. The fraction of sp³-hybridized carbons (Fsp3) is 0.200. The fourth-order valence-electron chi connectivity index (χ4n) is 2.27. The number of halogens is 2. The lowest BCUT2D eigenvalue weighted by atomic mass is 10.3. The molecule has 0 radical (unpaired) electrons. The van der Waals surface area contributed by atoms with E-state index >= 15 is 0 Å². The third kappa shape index (κ3) is 3.38. The van der Waals surface area contributed by atoms with Gasteiger partial charge in [-0.25, -0.2) is 13.5 Å². The average Bonchev–Trinajstić information content (AvgIpc) is 2.56. The van der Waals surface area contributed by atoms with Crippen molar-refractivity contribution in [1.82, 2.24) is 9.78 Å². The minimum Gasteiger partial charge on any atom is -0.322 e. The summed E-state index contributed by atoms with van der Waals surface area (Å²) < 4.78 is 27.3. The first-order valence-corrected chi connectivity index (χ1v) is 8.10. The van der Waals surface area contributed by atoms with Crippen LogP contribution in [0.3, 0.4) is 0 Å². The molecule has 0 saturated carbocycles. The summed E-state index contributed by atoms with van der Waals surface area (Å²) in [6.45, 7) is -0.477. The molecule has 0 saturated heterocycles. The zero-order chi connectivity index (χ0) is 18.1. The van der Waals surface area contributed by atoms with Crippen molar-refractivity contribution in [3.63, 3.8) is 0 Å². The van der Waals surface area contributed by atoms with Gasteiger partial charge in [0.25, 0.3) is 5.56 Å². The van der Waals surface area contributed by atoms with Crippen LogP contribution in [0.15, 0.2) is 34.1 Å². The lowest BCUT2D eigenvalue weighted by Crippen LogP contribution is -2.40. The second-order valence-electron chi connectivity index (χ2n) is 5.23. The second-order valence-corrected chi connectivity index (χ2v) is 6.25. The van der Waals surface area contributed by atoms with E-state index in [-0.39, 0.29) is 23.0 Å². The molecule has 130 valence electrons. The van der Waals surface area contributed by atoms with Gasteiger partial charge in [-0.2, -0.15) is 5.10 Å². The van der Waals surface area contributed by atoms with Crippen molar-refractivity contribution in [2.75, 3.05) is 23.0 Å². The Morgan fingerprint density at radius 2 is 2.12 bits per heavy atom. The summed E-state index contributed by atoms with van der Waals surface area (Å²) >= 11 is 1.20. The molecule has 1 aromatic carbocycles. The van der Waals surface area contributed by atoms with E-state index in [4.69, 9.17) is 0 Å². The van der Waals surface area contributed by atoms with E-state index < -0.39 is 29.6 Å². The maximum absolute atomic E-state index is 13.6. The Morgan fingerprint density at radius 3 is 2.84 bits per heavy atom. The van der Waals surface area contributed by atoms with E-state index in [0.29, 0.717) is 11.0 Å². The molecule has 1 aliphatic heterocycles. The molecule has 2 amide bonds. The van der Waals surface area contributed by atoms with E-state index in [1.165, 1.54) is 29.9 Å². The van der Waals surface area contributed by atoms with Gasteiger partial charge < -0.3 is 10.2 Å². The van der Waals surface area contributed by atoms with Crippen LogP contribution in [0.4, 0.5) is 20.2 Å². The van der Waals surface area contributed by atoms with Crippen molar-refractivity contribution in [3.8, 4) is 0 Å². The molecule has 1 aromatic heterocycles. The number of carbonyl (C=O) groups is 2. The van der Waals surface area contributed by atoms with E-state index in [0.717, 1.165) is 16.8 Å². The van der Waals surface area contributed by atoms with E-state index in [1.54, 1.807) is 0 Å². The molecule has 10 heteroatoms. The smallest absolute Gasteiger partial charge is 0.292 e. The zero-order valence-electron chi connectivity index (χ0n) is 13.0. The molecule has 2 heterocycles. The number of anilines is 2. The van der Waals surface area contributed by atoms with Crippen molar-refractivity contribution < 1.29 is 18.4 Å². The Balaban J connectivity index is 1.82. The number of fused-ring (bicyclic) bond motifs is 1. The van der Waals surface area contributed by atoms with Gasteiger partial charge in [0.05, 0.1) is 22.5 Å². The Labute approximate surface area is 144 Å².